The average Bonchev–Trinajstić information content (AvgIpc) is 2.13. The van der Waals surface area contributed by atoms with Crippen molar-refractivity contribution in [1.29, 1.82) is 0 Å². The second-order valence-corrected chi connectivity index (χ2v) is 22.6. The minimum atomic E-state index is -0.524. The highest BCUT2D eigenvalue weighted by Crippen LogP contribution is 2.63. The van der Waals surface area contributed by atoms with E-state index in [1.54, 1.807) is 0 Å². The van der Waals surface area contributed by atoms with Crippen molar-refractivity contribution in [3.05, 3.63) is 310 Å². The van der Waals surface area contributed by atoms with Crippen molar-refractivity contribution in [2.75, 3.05) is 0 Å². The lowest BCUT2D eigenvalue weighted by molar-refractivity contribution is -0.0987. The Morgan fingerprint density at radius 2 is 0.704 bits per heavy atom. The molecule has 1 spiro atoms. The van der Waals surface area contributed by atoms with Crippen LogP contribution < -0.4 is 0 Å². The van der Waals surface area contributed by atoms with Crippen molar-refractivity contribution in [1.82, 2.24) is 9.13 Å². The zero-order valence-electron chi connectivity index (χ0n) is 44.8. The summed E-state index contributed by atoms with van der Waals surface area (Å²) in [5.41, 5.74) is 24.6. The minimum Gasteiger partial charge on any atom is -0.309 e. The minimum absolute atomic E-state index is 0.469. The van der Waals surface area contributed by atoms with E-state index in [0.29, 0.717) is 0 Å². The standard InChI is InChI=1S/C74H48N2S.2CH2O/c1-45-19-3-10-26-59(45)73(60-27-11-4-20-51(60)52-21-5-12-28-61(52)73)65-43-69-57(39-46(65)2)55-24-8-16-32-67(55)75(69)49-37-35-47-36-38-50(41-48(47)40-49)76-68-33-17-9-25-56(68)58-42-72-66(44-70(58)76)74(64-31-15-18-34-71(64)77-72)62-29-13-6-22-53(62)54-23-7-14-30-63(54)74;2*1-2/h3-44H,1-2H3;2*1H2. The van der Waals surface area contributed by atoms with Gasteiger partial charge >= 0.3 is 0 Å². The lowest BCUT2D eigenvalue weighted by Crippen LogP contribution is -2.32. The third-order valence-electron chi connectivity index (χ3n) is 17.9. The molecule has 4 nitrogen and oxygen atoms in total. The number of hydrogen-bond acceptors (Lipinski definition) is 3. The summed E-state index contributed by atoms with van der Waals surface area (Å²) in [5, 5.41) is 7.43. The molecule has 5 heteroatoms. The zero-order chi connectivity index (χ0) is 54.7. The van der Waals surface area contributed by atoms with Crippen LogP contribution in [0.15, 0.2) is 265 Å². The number of nitrogens with zero attached hydrogens (tertiary/aromatic N) is 2. The van der Waals surface area contributed by atoms with Gasteiger partial charge in [-0.3, -0.25) is 0 Å². The molecule has 3 aliphatic rings. The summed E-state index contributed by atoms with van der Waals surface area (Å²) in [6, 6.07) is 96.8. The summed E-state index contributed by atoms with van der Waals surface area (Å²) >= 11 is 1.91. The number of aryl methyl sites for hydroxylation is 2. The number of para-hydroxylation sites is 2. The summed E-state index contributed by atoms with van der Waals surface area (Å²) in [6.45, 7) is 8.61. The Kier molecular flexibility index (Phi) is 11.0. The van der Waals surface area contributed by atoms with Crippen LogP contribution in [0, 0.1) is 13.8 Å². The van der Waals surface area contributed by atoms with Crippen molar-refractivity contribution in [2.24, 2.45) is 0 Å². The largest absolute Gasteiger partial charge is 0.309 e. The van der Waals surface area contributed by atoms with Gasteiger partial charge in [0.2, 0.25) is 0 Å². The molecule has 1 aliphatic heterocycles. The van der Waals surface area contributed by atoms with Gasteiger partial charge < -0.3 is 18.7 Å². The molecular formula is C76H52N2O2S. The second-order valence-electron chi connectivity index (χ2n) is 21.6. The van der Waals surface area contributed by atoms with Crippen LogP contribution >= 0.6 is 11.8 Å². The maximum absolute atomic E-state index is 8.00. The molecule has 0 saturated carbocycles. The average molecular weight is 1060 g/mol. The van der Waals surface area contributed by atoms with Gasteiger partial charge in [0.25, 0.3) is 0 Å². The Morgan fingerprint density at radius 3 is 1.22 bits per heavy atom. The molecule has 14 aromatic rings. The van der Waals surface area contributed by atoms with E-state index in [4.69, 9.17) is 9.59 Å². The number of aromatic nitrogens is 2. The van der Waals surface area contributed by atoms with E-state index in [1.165, 1.54) is 142 Å². The number of carbonyl (C=O) groups excluding carboxylic acids is 2. The first-order chi connectivity index (χ1) is 40.0. The van der Waals surface area contributed by atoms with Gasteiger partial charge in [-0.05, 0) is 169 Å². The highest BCUT2D eigenvalue weighted by atomic mass is 32.2. The fourth-order valence-corrected chi connectivity index (χ4v) is 16.1. The molecule has 2 aromatic heterocycles. The molecule has 0 unspecified atom stereocenters. The van der Waals surface area contributed by atoms with Crippen LogP contribution in [-0.4, -0.2) is 22.7 Å². The summed E-state index contributed by atoms with van der Waals surface area (Å²) in [6.07, 6.45) is 0. The van der Waals surface area contributed by atoms with Crippen molar-refractivity contribution >= 4 is 79.7 Å². The third-order valence-corrected chi connectivity index (χ3v) is 19.0. The Bertz CT molecular complexity index is 4850. The van der Waals surface area contributed by atoms with Gasteiger partial charge in [0.1, 0.15) is 13.6 Å². The molecule has 0 fully saturated rings. The van der Waals surface area contributed by atoms with Gasteiger partial charge in [-0.25, -0.2) is 0 Å². The molecule has 0 bridgehead atoms. The van der Waals surface area contributed by atoms with Crippen LogP contribution in [0.3, 0.4) is 0 Å². The second kappa shape index (κ2) is 18.4. The van der Waals surface area contributed by atoms with Gasteiger partial charge in [0, 0.05) is 42.7 Å². The Morgan fingerprint density at radius 1 is 0.296 bits per heavy atom. The van der Waals surface area contributed by atoms with Crippen LogP contribution in [0.5, 0.6) is 0 Å². The smallest absolute Gasteiger partial charge is 0.106 e. The molecular weight excluding hydrogens is 1000 g/mol. The lowest BCUT2D eigenvalue weighted by Gasteiger charge is -2.39. The molecule has 0 saturated heterocycles. The van der Waals surface area contributed by atoms with E-state index in [-0.39, 0.29) is 0 Å². The number of fused-ring (bicyclic) bond motifs is 19. The quantitative estimate of drug-likeness (QED) is 0.176. The van der Waals surface area contributed by atoms with Crippen molar-refractivity contribution in [3.8, 4) is 33.6 Å². The predicted octanol–water partition coefficient (Wildman–Crippen LogP) is 18.5. The maximum Gasteiger partial charge on any atom is 0.106 e. The first-order valence-electron chi connectivity index (χ1n) is 27.5. The number of benzene rings is 12. The highest BCUT2D eigenvalue weighted by Gasteiger charge is 2.51. The molecule has 0 radical (unpaired) electrons. The molecule has 0 amide bonds. The topological polar surface area (TPSA) is 44.0 Å². The zero-order valence-corrected chi connectivity index (χ0v) is 45.6. The molecule has 17 rings (SSSR count). The Hall–Kier alpha value is -9.81. The molecule has 81 heavy (non-hydrogen) atoms. The number of hydrogen-bond donors (Lipinski definition) is 0. The van der Waals surface area contributed by atoms with Crippen LogP contribution in [0.4, 0.5) is 0 Å². The van der Waals surface area contributed by atoms with E-state index in [0.717, 1.165) is 11.4 Å². The van der Waals surface area contributed by atoms with Crippen molar-refractivity contribution in [3.63, 3.8) is 0 Å². The van der Waals surface area contributed by atoms with Gasteiger partial charge in [-0.1, -0.05) is 200 Å². The van der Waals surface area contributed by atoms with E-state index in [9.17, 15) is 0 Å². The summed E-state index contributed by atoms with van der Waals surface area (Å²) in [5.74, 6) is 0. The van der Waals surface area contributed by atoms with Gasteiger partial charge in [0.05, 0.1) is 32.9 Å². The van der Waals surface area contributed by atoms with Crippen molar-refractivity contribution in [2.45, 2.75) is 34.5 Å². The number of carbonyl (C=O) groups is 2. The highest BCUT2D eigenvalue weighted by molar-refractivity contribution is 7.99. The molecule has 0 atom stereocenters. The predicted molar refractivity (Wildman–Crippen MR) is 335 cm³/mol. The molecule has 12 aromatic carbocycles. The number of rotatable bonds is 4. The fourth-order valence-electron chi connectivity index (χ4n) is 14.9. The third kappa shape index (κ3) is 6.49. The maximum atomic E-state index is 8.00. The SMILES string of the molecule is C=O.C=O.Cc1ccccc1C1(c2cc3c(cc2C)c2ccccc2n3-c2ccc3ccc(-n4c5ccccc5c5cc6c(cc54)C4(c5ccccc5S6)c5ccccc5-c5ccccc54)cc3c2)c2ccccc2-c2ccccc21. The Balaban J connectivity index is 0.00000138. The van der Waals surface area contributed by atoms with E-state index in [1.807, 2.05) is 25.3 Å². The fraction of sp³-hybridized carbons (Fsp3) is 0.0526. The van der Waals surface area contributed by atoms with E-state index >= 15 is 0 Å². The summed E-state index contributed by atoms with van der Waals surface area (Å²) < 4.78 is 5.05. The molecule has 3 heterocycles. The summed E-state index contributed by atoms with van der Waals surface area (Å²) in [4.78, 5) is 18.6. The van der Waals surface area contributed by atoms with Crippen molar-refractivity contribution < 1.29 is 9.59 Å². The molecule has 384 valence electrons. The van der Waals surface area contributed by atoms with Crippen LogP contribution in [0.25, 0.3) is 88.0 Å². The van der Waals surface area contributed by atoms with Gasteiger partial charge in [0.15, 0.2) is 0 Å². The van der Waals surface area contributed by atoms with Crippen LogP contribution in [0.2, 0.25) is 0 Å². The van der Waals surface area contributed by atoms with E-state index in [2.05, 4.69) is 278 Å². The first-order valence-corrected chi connectivity index (χ1v) is 28.3. The van der Waals surface area contributed by atoms with Gasteiger partial charge in [-0.15, -0.1) is 0 Å². The van der Waals surface area contributed by atoms with Gasteiger partial charge in [-0.2, -0.15) is 0 Å². The lowest BCUT2D eigenvalue weighted by atomic mass is 9.65. The first kappa shape index (κ1) is 48.3. The summed E-state index contributed by atoms with van der Waals surface area (Å²) in [7, 11) is 0. The normalized spacial score (nSPS) is 13.7. The van der Waals surface area contributed by atoms with Crippen LogP contribution in [0.1, 0.15) is 55.6 Å². The Labute approximate surface area is 474 Å². The van der Waals surface area contributed by atoms with E-state index < -0.39 is 10.8 Å². The molecule has 2 aliphatic carbocycles. The molecule has 0 N–H and O–H groups in total. The monoisotopic (exact) mass is 1060 g/mol. The van der Waals surface area contributed by atoms with Crippen LogP contribution in [-0.2, 0) is 20.4 Å².